The van der Waals surface area contributed by atoms with E-state index < -0.39 is 6.10 Å². The van der Waals surface area contributed by atoms with Crippen molar-refractivity contribution in [1.82, 2.24) is 0 Å². The first kappa shape index (κ1) is 13.1. The van der Waals surface area contributed by atoms with E-state index in [1.807, 2.05) is 30.4 Å². The molecule has 0 amide bonds. The first-order valence-corrected chi connectivity index (χ1v) is 7.65. The zero-order valence-corrected chi connectivity index (χ0v) is 11.9. The molecule has 0 N–H and O–H groups in total. The molecular formula is C11H17NO3S2. The molecule has 2 aliphatic rings. The summed E-state index contributed by atoms with van der Waals surface area (Å²) in [7, 11) is 1.38. The molecule has 1 fully saturated rings. The van der Waals surface area contributed by atoms with E-state index in [1.165, 1.54) is 13.5 Å². The van der Waals surface area contributed by atoms with E-state index in [9.17, 15) is 4.79 Å². The standard InChI is InChI=1S/C11H17NO3S2/c1-7-8(10(13)14-3)15-12-9(7)11(2)16-5-4-6-17-11/h7-8H,4-6H2,1-3H3/t7-,8+/m0/s1. The van der Waals surface area contributed by atoms with E-state index in [0.717, 1.165) is 17.2 Å². The molecule has 0 aromatic carbocycles. The first-order valence-electron chi connectivity index (χ1n) is 5.68. The van der Waals surface area contributed by atoms with Gasteiger partial charge >= 0.3 is 5.97 Å². The number of carbonyl (C=O) groups is 1. The van der Waals surface area contributed by atoms with E-state index in [1.54, 1.807) is 0 Å². The lowest BCUT2D eigenvalue weighted by atomic mass is 9.97. The Bertz CT molecular complexity index is 340. The van der Waals surface area contributed by atoms with E-state index >= 15 is 0 Å². The highest BCUT2D eigenvalue weighted by atomic mass is 32.2. The smallest absolute Gasteiger partial charge is 0.350 e. The maximum atomic E-state index is 11.5. The van der Waals surface area contributed by atoms with Gasteiger partial charge < -0.3 is 9.57 Å². The summed E-state index contributed by atoms with van der Waals surface area (Å²) in [5, 5.41) is 4.14. The van der Waals surface area contributed by atoms with Crippen LogP contribution in [0.5, 0.6) is 0 Å². The van der Waals surface area contributed by atoms with Crippen molar-refractivity contribution in [1.29, 1.82) is 0 Å². The van der Waals surface area contributed by atoms with Gasteiger partial charge in [-0.3, -0.25) is 0 Å². The van der Waals surface area contributed by atoms with Crippen molar-refractivity contribution >= 4 is 35.2 Å². The molecule has 0 radical (unpaired) electrons. The molecule has 4 nitrogen and oxygen atoms in total. The van der Waals surface area contributed by atoms with Crippen molar-refractivity contribution in [2.45, 2.75) is 30.5 Å². The predicted octanol–water partition coefficient (Wildman–Crippen LogP) is 2.14. The number of carbonyl (C=O) groups excluding carboxylic acids is 1. The van der Waals surface area contributed by atoms with Gasteiger partial charge in [0.05, 0.1) is 22.8 Å². The Morgan fingerprint density at radius 1 is 1.53 bits per heavy atom. The van der Waals surface area contributed by atoms with Gasteiger partial charge in [0.2, 0.25) is 6.10 Å². The number of esters is 1. The summed E-state index contributed by atoms with van der Waals surface area (Å²) in [4.78, 5) is 16.8. The van der Waals surface area contributed by atoms with Crippen LogP contribution >= 0.6 is 23.5 Å². The maximum Gasteiger partial charge on any atom is 0.350 e. The van der Waals surface area contributed by atoms with Crippen molar-refractivity contribution in [3.05, 3.63) is 0 Å². The summed E-state index contributed by atoms with van der Waals surface area (Å²) in [5.74, 6) is 1.92. The number of methoxy groups -OCH3 is 1. The largest absolute Gasteiger partial charge is 0.466 e. The molecule has 0 aromatic rings. The minimum Gasteiger partial charge on any atom is -0.466 e. The number of hydrogen-bond acceptors (Lipinski definition) is 6. The summed E-state index contributed by atoms with van der Waals surface area (Å²) in [6.07, 6.45) is 0.656. The lowest BCUT2D eigenvalue weighted by Gasteiger charge is -2.33. The summed E-state index contributed by atoms with van der Waals surface area (Å²) in [6, 6.07) is 0. The van der Waals surface area contributed by atoms with Gasteiger partial charge in [0.1, 0.15) is 0 Å². The molecule has 2 rings (SSSR count). The predicted molar refractivity (Wildman–Crippen MR) is 71.4 cm³/mol. The van der Waals surface area contributed by atoms with E-state index in [0.29, 0.717) is 0 Å². The molecule has 0 spiro atoms. The van der Waals surface area contributed by atoms with Gasteiger partial charge in [-0.05, 0) is 24.9 Å². The Labute approximate surface area is 110 Å². The fourth-order valence-corrected chi connectivity index (χ4v) is 5.19. The highest BCUT2D eigenvalue weighted by Crippen LogP contribution is 2.46. The number of rotatable bonds is 2. The van der Waals surface area contributed by atoms with Gasteiger partial charge in [-0.15, -0.1) is 23.5 Å². The van der Waals surface area contributed by atoms with Crippen LogP contribution in [0.4, 0.5) is 0 Å². The number of oxime groups is 1. The van der Waals surface area contributed by atoms with Crippen LogP contribution in [0.3, 0.4) is 0 Å². The Kier molecular flexibility index (Phi) is 3.92. The fraction of sp³-hybridized carbons (Fsp3) is 0.818. The average Bonchev–Trinajstić information content (AvgIpc) is 2.72. The first-order chi connectivity index (χ1) is 8.08. The van der Waals surface area contributed by atoms with Gasteiger partial charge in [-0.2, -0.15) is 0 Å². The highest BCUT2D eigenvalue weighted by Gasteiger charge is 2.46. The van der Waals surface area contributed by atoms with Crippen molar-refractivity contribution < 1.29 is 14.4 Å². The molecule has 2 atom stereocenters. The second kappa shape index (κ2) is 5.10. The summed E-state index contributed by atoms with van der Waals surface area (Å²) in [6.45, 7) is 4.15. The maximum absolute atomic E-state index is 11.5. The van der Waals surface area contributed by atoms with Crippen molar-refractivity contribution in [2.75, 3.05) is 18.6 Å². The van der Waals surface area contributed by atoms with Gasteiger partial charge in [0.15, 0.2) is 0 Å². The van der Waals surface area contributed by atoms with Gasteiger partial charge in [0.25, 0.3) is 0 Å². The van der Waals surface area contributed by atoms with Crippen LogP contribution in [0.15, 0.2) is 5.16 Å². The molecule has 0 aromatic heterocycles. The van der Waals surface area contributed by atoms with Crippen LogP contribution in [0.1, 0.15) is 20.3 Å². The third-order valence-electron chi connectivity index (χ3n) is 3.09. The number of hydrogen-bond donors (Lipinski definition) is 0. The van der Waals surface area contributed by atoms with Crippen molar-refractivity contribution in [3.8, 4) is 0 Å². The molecule has 0 unspecified atom stereocenters. The zero-order chi connectivity index (χ0) is 12.5. The Balaban J connectivity index is 2.10. The average molecular weight is 275 g/mol. The molecule has 0 saturated carbocycles. The molecule has 0 aliphatic carbocycles. The van der Waals surface area contributed by atoms with E-state index in [2.05, 4.69) is 12.1 Å². The van der Waals surface area contributed by atoms with Crippen molar-refractivity contribution in [2.24, 2.45) is 11.1 Å². The van der Waals surface area contributed by atoms with Crippen LogP contribution in [0.2, 0.25) is 0 Å². The summed E-state index contributed by atoms with van der Waals surface area (Å²) >= 11 is 3.78. The SMILES string of the molecule is COC(=O)[C@@H]1ON=C(C2(C)SCCCS2)[C@H]1C. The Hall–Kier alpha value is -0.360. The van der Waals surface area contributed by atoms with Crippen LogP contribution in [0.25, 0.3) is 0 Å². The number of nitrogens with zero attached hydrogens (tertiary/aromatic N) is 1. The molecule has 2 aliphatic heterocycles. The van der Waals surface area contributed by atoms with Crippen LogP contribution in [0, 0.1) is 5.92 Å². The molecule has 17 heavy (non-hydrogen) atoms. The molecule has 0 bridgehead atoms. The minimum atomic E-state index is -0.574. The monoisotopic (exact) mass is 275 g/mol. The van der Waals surface area contributed by atoms with Gasteiger partial charge in [-0.25, -0.2) is 4.79 Å². The normalized spacial score (nSPS) is 31.6. The molecule has 96 valence electrons. The quantitative estimate of drug-likeness (QED) is 0.723. The number of thioether (sulfide) groups is 2. The topological polar surface area (TPSA) is 47.9 Å². The summed E-state index contributed by atoms with van der Waals surface area (Å²) < 4.78 is 4.67. The van der Waals surface area contributed by atoms with E-state index in [-0.39, 0.29) is 16.0 Å². The Morgan fingerprint density at radius 3 is 2.76 bits per heavy atom. The molecular weight excluding hydrogens is 258 g/mol. The lowest BCUT2D eigenvalue weighted by molar-refractivity contribution is -0.154. The lowest BCUT2D eigenvalue weighted by Crippen LogP contribution is -2.39. The van der Waals surface area contributed by atoms with Crippen LogP contribution < -0.4 is 0 Å². The third-order valence-corrected chi connectivity index (χ3v) is 6.31. The van der Waals surface area contributed by atoms with E-state index in [4.69, 9.17) is 9.57 Å². The second-order valence-electron chi connectivity index (χ2n) is 4.31. The molecule has 6 heteroatoms. The number of ether oxygens (including phenoxy) is 1. The zero-order valence-electron chi connectivity index (χ0n) is 10.3. The molecule has 1 saturated heterocycles. The Morgan fingerprint density at radius 2 is 2.18 bits per heavy atom. The summed E-state index contributed by atoms with van der Waals surface area (Å²) in [5.41, 5.74) is 0.975. The van der Waals surface area contributed by atoms with Gasteiger partial charge in [0, 0.05) is 0 Å². The highest BCUT2D eigenvalue weighted by molar-refractivity contribution is 8.19. The molecule has 2 heterocycles. The second-order valence-corrected chi connectivity index (χ2v) is 7.60. The third kappa shape index (κ3) is 2.42. The van der Waals surface area contributed by atoms with Crippen LogP contribution in [-0.4, -0.2) is 40.5 Å². The van der Waals surface area contributed by atoms with Crippen LogP contribution in [-0.2, 0) is 14.4 Å². The minimum absolute atomic E-state index is 0.00875. The fourth-order valence-electron chi connectivity index (χ4n) is 2.07. The van der Waals surface area contributed by atoms with Crippen molar-refractivity contribution in [3.63, 3.8) is 0 Å². The van der Waals surface area contributed by atoms with Gasteiger partial charge in [-0.1, -0.05) is 12.1 Å².